The molecule has 2 amide bonds. The quantitative estimate of drug-likeness (QED) is 0.682. The Kier molecular flexibility index (Phi) is 6.69. The molecule has 3 N–H and O–H groups in total. The monoisotopic (exact) mass is 397 g/mol. The number of piperidine rings is 1. The van der Waals surface area contributed by atoms with E-state index in [1.165, 1.54) is 4.90 Å². The van der Waals surface area contributed by atoms with Crippen LogP contribution in [0.15, 0.2) is 18.2 Å². The summed E-state index contributed by atoms with van der Waals surface area (Å²) in [5.41, 5.74) is 1.50. The van der Waals surface area contributed by atoms with Gasteiger partial charge in [-0.2, -0.15) is 0 Å². The SMILES string of the molecule is CCCS(=O)(=O)Nc1cccc(NC(=O)N2CC(C)CC(C(=O)O)C2)c1C. The number of nitrogens with zero attached hydrogens (tertiary/aromatic N) is 1. The predicted octanol–water partition coefficient (Wildman–Crippen LogP) is 2.72. The number of urea groups is 1. The van der Waals surface area contributed by atoms with Crippen LogP contribution in [0, 0.1) is 18.8 Å². The topological polar surface area (TPSA) is 116 Å². The second kappa shape index (κ2) is 8.60. The Labute approximate surface area is 160 Å². The highest BCUT2D eigenvalue weighted by Crippen LogP contribution is 2.26. The molecule has 9 heteroatoms. The Morgan fingerprint density at radius 1 is 1.26 bits per heavy atom. The number of sulfonamides is 1. The average molecular weight is 397 g/mol. The summed E-state index contributed by atoms with van der Waals surface area (Å²) in [5.74, 6) is -1.36. The molecule has 8 nitrogen and oxygen atoms in total. The van der Waals surface area contributed by atoms with Crippen LogP contribution in [0.5, 0.6) is 0 Å². The van der Waals surface area contributed by atoms with Gasteiger partial charge < -0.3 is 15.3 Å². The number of anilines is 2. The molecule has 1 aromatic carbocycles. The molecule has 0 saturated carbocycles. The highest BCUT2D eigenvalue weighted by Gasteiger charge is 2.32. The first-order valence-electron chi connectivity index (χ1n) is 9.01. The van der Waals surface area contributed by atoms with E-state index < -0.39 is 21.9 Å². The van der Waals surface area contributed by atoms with Crippen molar-refractivity contribution in [1.29, 1.82) is 0 Å². The van der Waals surface area contributed by atoms with Crippen LogP contribution in [0.2, 0.25) is 0 Å². The maximum atomic E-state index is 12.6. The maximum Gasteiger partial charge on any atom is 0.321 e. The van der Waals surface area contributed by atoms with Gasteiger partial charge in [-0.15, -0.1) is 0 Å². The van der Waals surface area contributed by atoms with E-state index in [-0.39, 0.29) is 24.2 Å². The number of carboxylic acid groups (broad SMARTS) is 1. The number of hydrogen-bond donors (Lipinski definition) is 3. The maximum absolute atomic E-state index is 12.6. The molecule has 2 atom stereocenters. The number of benzene rings is 1. The normalized spacial score (nSPS) is 20.2. The van der Waals surface area contributed by atoms with Crippen LogP contribution in [0.1, 0.15) is 32.3 Å². The number of aliphatic carboxylic acids is 1. The highest BCUT2D eigenvalue weighted by molar-refractivity contribution is 7.92. The van der Waals surface area contributed by atoms with E-state index >= 15 is 0 Å². The van der Waals surface area contributed by atoms with Gasteiger partial charge in [0.25, 0.3) is 0 Å². The Balaban J connectivity index is 2.14. The molecule has 0 spiro atoms. The smallest absolute Gasteiger partial charge is 0.321 e. The van der Waals surface area contributed by atoms with Gasteiger partial charge in [0, 0.05) is 18.8 Å². The molecule has 1 heterocycles. The number of carbonyl (C=O) groups excluding carboxylic acids is 1. The first-order valence-corrected chi connectivity index (χ1v) is 10.7. The summed E-state index contributed by atoms with van der Waals surface area (Å²) in [6.07, 6.45) is 1.05. The molecule has 1 aliphatic rings. The van der Waals surface area contributed by atoms with Crippen LogP contribution in [-0.4, -0.2) is 49.3 Å². The number of likely N-dealkylation sites (tertiary alicyclic amines) is 1. The molecule has 1 fully saturated rings. The van der Waals surface area contributed by atoms with Crippen molar-refractivity contribution in [2.75, 3.05) is 28.9 Å². The molecule has 2 rings (SSSR count). The summed E-state index contributed by atoms with van der Waals surface area (Å²) in [6.45, 7) is 6.07. The zero-order chi connectivity index (χ0) is 20.2. The average Bonchev–Trinajstić information content (AvgIpc) is 2.57. The summed E-state index contributed by atoms with van der Waals surface area (Å²) in [7, 11) is -3.44. The molecule has 0 aliphatic carbocycles. The van der Waals surface area contributed by atoms with Crippen molar-refractivity contribution in [2.45, 2.75) is 33.6 Å². The van der Waals surface area contributed by atoms with Crippen molar-refractivity contribution in [3.63, 3.8) is 0 Å². The summed E-state index contributed by atoms with van der Waals surface area (Å²) >= 11 is 0. The van der Waals surface area contributed by atoms with Crippen LogP contribution < -0.4 is 10.0 Å². The van der Waals surface area contributed by atoms with E-state index in [1.54, 1.807) is 32.0 Å². The molecular formula is C18H27N3O5S. The molecule has 150 valence electrons. The molecule has 0 bridgehead atoms. The predicted molar refractivity (Wildman–Crippen MR) is 104 cm³/mol. The van der Waals surface area contributed by atoms with E-state index in [9.17, 15) is 23.1 Å². The van der Waals surface area contributed by atoms with E-state index in [0.29, 0.717) is 36.3 Å². The molecule has 1 aromatic rings. The van der Waals surface area contributed by atoms with Crippen LogP contribution in [0.4, 0.5) is 16.2 Å². The second-order valence-corrected chi connectivity index (χ2v) is 8.95. The molecular weight excluding hydrogens is 370 g/mol. The van der Waals surface area contributed by atoms with E-state index in [0.717, 1.165) is 0 Å². The summed E-state index contributed by atoms with van der Waals surface area (Å²) in [4.78, 5) is 25.4. The van der Waals surface area contributed by atoms with Gasteiger partial charge in [0.05, 0.1) is 17.4 Å². The number of nitrogens with one attached hydrogen (secondary N) is 2. The first-order chi connectivity index (χ1) is 12.6. The molecule has 27 heavy (non-hydrogen) atoms. The lowest BCUT2D eigenvalue weighted by Gasteiger charge is -2.34. The minimum absolute atomic E-state index is 0.0191. The third-order valence-corrected chi connectivity index (χ3v) is 6.09. The zero-order valence-electron chi connectivity index (χ0n) is 15.9. The first kappa shape index (κ1) is 21.0. The zero-order valence-corrected chi connectivity index (χ0v) is 16.7. The minimum Gasteiger partial charge on any atom is -0.481 e. The molecule has 1 saturated heterocycles. The summed E-state index contributed by atoms with van der Waals surface area (Å²) in [6, 6.07) is 4.60. The third kappa shape index (κ3) is 5.59. The van der Waals surface area contributed by atoms with E-state index in [4.69, 9.17) is 0 Å². The Morgan fingerprint density at radius 2 is 1.93 bits per heavy atom. The highest BCUT2D eigenvalue weighted by atomic mass is 32.2. The van der Waals surface area contributed by atoms with Gasteiger partial charge in [0.2, 0.25) is 10.0 Å². The van der Waals surface area contributed by atoms with Gasteiger partial charge in [0.1, 0.15) is 0 Å². The molecule has 1 aliphatic heterocycles. The fourth-order valence-electron chi connectivity index (χ4n) is 3.26. The summed E-state index contributed by atoms with van der Waals surface area (Å²) < 4.78 is 26.6. The Morgan fingerprint density at radius 3 is 2.56 bits per heavy atom. The number of rotatable bonds is 6. The Hall–Kier alpha value is -2.29. The van der Waals surface area contributed by atoms with Crippen molar-refractivity contribution in [3.8, 4) is 0 Å². The van der Waals surface area contributed by atoms with E-state index in [2.05, 4.69) is 10.0 Å². The van der Waals surface area contributed by atoms with Gasteiger partial charge >= 0.3 is 12.0 Å². The van der Waals surface area contributed by atoms with Crippen molar-refractivity contribution in [3.05, 3.63) is 23.8 Å². The number of hydrogen-bond acceptors (Lipinski definition) is 4. The standard InChI is InChI=1S/C18H27N3O5S/c1-4-8-27(25,26)20-16-7-5-6-15(13(16)3)19-18(24)21-10-12(2)9-14(11-21)17(22)23/h5-7,12,14,20H,4,8-11H2,1-3H3,(H,19,24)(H,22,23). The van der Waals surface area contributed by atoms with Gasteiger partial charge in [-0.05, 0) is 43.4 Å². The Bertz CT molecular complexity index is 809. The van der Waals surface area contributed by atoms with Gasteiger partial charge in [-0.1, -0.05) is 19.9 Å². The van der Waals surface area contributed by atoms with Crippen LogP contribution in [0.3, 0.4) is 0 Å². The van der Waals surface area contributed by atoms with Gasteiger partial charge in [0.15, 0.2) is 0 Å². The van der Waals surface area contributed by atoms with Crippen molar-refractivity contribution < 1.29 is 23.1 Å². The van der Waals surface area contributed by atoms with Crippen molar-refractivity contribution in [2.24, 2.45) is 11.8 Å². The lowest BCUT2D eigenvalue weighted by molar-refractivity contribution is -0.143. The molecule has 2 unspecified atom stereocenters. The lowest BCUT2D eigenvalue weighted by atomic mass is 9.91. The molecule has 0 radical (unpaired) electrons. The third-order valence-electron chi connectivity index (χ3n) is 4.61. The van der Waals surface area contributed by atoms with E-state index in [1.807, 2.05) is 6.92 Å². The number of carboxylic acids is 1. The van der Waals surface area contributed by atoms with Crippen molar-refractivity contribution >= 4 is 33.4 Å². The summed E-state index contributed by atoms with van der Waals surface area (Å²) in [5, 5.41) is 12.0. The van der Waals surface area contributed by atoms with Gasteiger partial charge in [-0.25, -0.2) is 13.2 Å². The number of carbonyl (C=O) groups is 2. The van der Waals surface area contributed by atoms with Crippen LogP contribution in [0.25, 0.3) is 0 Å². The minimum atomic E-state index is -3.44. The van der Waals surface area contributed by atoms with Gasteiger partial charge in [-0.3, -0.25) is 9.52 Å². The van der Waals surface area contributed by atoms with Crippen LogP contribution >= 0.6 is 0 Å². The molecule has 0 aromatic heterocycles. The largest absolute Gasteiger partial charge is 0.481 e. The number of amides is 2. The fraction of sp³-hybridized carbons (Fsp3) is 0.556. The fourth-order valence-corrected chi connectivity index (χ4v) is 4.46. The second-order valence-electron chi connectivity index (χ2n) is 7.11. The lowest BCUT2D eigenvalue weighted by Crippen LogP contribution is -2.47. The van der Waals surface area contributed by atoms with Crippen LogP contribution in [-0.2, 0) is 14.8 Å². The van der Waals surface area contributed by atoms with Crippen molar-refractivity contribution in [1.82, 2.24) is 4.90 Å².